The summed E-state index contributed by atoms with van der Waals surface area (Å²) in [6.45, 7) is 1.90. The maximum atomic E-state index is 13.2. The van der Waals surface area contributed by atoms with E-state index in [0.29, 0.717) is 10.4 Å². The molecule has 0 aliphatic carbocycles. The summed E-state index contributed by atoms with van der Waals surface area (Å²) in [5.41, 5.74) is 5.98. The average Bonchev–Trinajstić information content (AvgIpc) is 2.75. The van der Waals surface area contributed by atoms with Crippen LogP contribution in [0.15, 0.2) is 24.4 Å². The molecule has 3 N–H and O–H groups in total. The lowest BCUT2D eigenvalue weighted by Gasteiger charge is -2.20. The minimum Gasteiger partial charge on any atom is -0.387 e. The van der Waals surface area contributed by atoms with Crippen LogP contribution in [0.25, 0.3) is 0 Å². The Morgan fingerprint density at radius 2 is 1.95 bits per heavy atom. The van der Waals surface area contributed by atoms with Gasteiger partial charge in [0.25, 0.3) is 0 Å². The SMILES string of the molecule is Cc1ncc(C(O)C(CN)c2cc(F)cc(F)c2)s1. The second kappa shape index (κ2) is 5.73. The molecular weight excluding hydrogens is 270 g/mol. The number of hydrogen-bond acceptors (Lipinski definition) is 4. The van der Waals surface area contributed by atoms with Gasteiger partial charge in [-0.25, -0.2) is 13.8 Å². The number of benzene rings is 1. The summed E-state index contributed by atoms with van der Waals surface area (Å²) < 4.78 is 26.4. The van der Waals surface area contributed by atoms with Gasteiger partial charge < -0.3 is 10.8 Å². The van der Waals surface area contributed by atoms with Gasteiger partial charge in [-0.15, -0.1) is 11.3 Å². The van der Waals surface area contributed by atoms with Crippen molar-refractivity contribution < 1.29 is 13.9 Å². The highest BCUT2D eigenvalue weighted by molar-refractivity contribution is 7.11. The van der Waals surface area contributed by atoms with Gasteiger partial charge in [-0.2, -0.15) is 0 Å². The normalized spacial score (nSPS) is 14.4. The number of aliphatic hydroxyl groups excluding tert-OH is 1. The van der Waals surface area contributed by atoms with Crippen molar-refractivity contribution in [1.82, 2.24) is 4.98 Å². The molecule has 0 saturated carbocycles. The van der Waals surface area contributed by atoms with Crippen LogP contribution in [0.1, 0.15) is 27.5 Å². The van der Waals surface area contributed by atoms with Crippen LogP contribution in [0.4, 0.5) is 8.78 Å². The predicted molar refractivity (Wildman–Crippen MR) is 70.0 cm³/mol. The summed E-state index contributed by atoms with van der Waals surface area (Å²) in [6, 6.07) is 3.18. The highest BCUT2D eigenvalue weighted by Crippen LogP contribution is 2.33. The molecule has 1 aromatic heterocycles. The molecule has 0 amide bonds. The lowest BCUT2D eigenvalue weighted by Crippen LogP contribution is -2.20. The van der Waals surface area contributed by atoms with Crippen molar-refractivity contribution in [3.8, 4) is 0 Å². The minimum atomic E-state index is -0.919. The van der Waals surface area contributed by atoms with Crippen LogP contribution in [-0.4, -0.2) is 16.6 Å². The van der Waals surface area contributed by atoms with Crippen molar-refractivity contribution in [3.63, 3.8) is 0 Å². The summed E-state index contributed by atoms with van der Waals surface area (Å²) in [7, 11) is 0. The highest BCUT2D eigenvalue weighted by Gasteiger charge is 2.24. The van der Waals surface area contributed by atoms with E-state index in [0.717, 1.165) is 11.1 Å². The average molecular weight is 284 g/mol. The zero-order valence-electron chi connectivity index (χ0n) is 10.3. The van der Waals surface area contributed by atoms with Gasteiger partial charge in [-0.05, 0) is 24.6 Å². The van der Waals surface area contributed by atoms with E-state index in [1.54, 1.807) is 6.20 Å². The van der Waals surface area contributed by atoms with Crippen LogP contribution in [0.5, 0.6) is 0 Å². The number of hydrogen-bond donors (Lipinski definition) is 2. The number of aromatic nitrogens is 1. The molecule has 2 atom stereocenters. The van der Waals surface area contributed by atoms with Gasteiger partial charge in [-0.1, -0.05) is 0 Å². The summed E-state index contributed by atoms with van der Waals surface area (Å²) in [5, 5.41) is 11.1. The van der Waals surface area contributed by atoms with E-state index < -0.39 is 23.7 Å². The smallest absolute Gasteiger partial charge is 0.126 e. The number of aryl methyl sites for hydroxylation is 1. The van der Waals surface area contributed by atoms with Gasteiger partial charge in [0.15, 0.2) is 0 Å². The number of halogens is 2. The van der Waals surface area contributed by atoms with Gasteiger partial charge in [-0.3, -0.25) is 0 Å². The molecule has 102 valence electrons. The predicted octanol–water partition coefficient (Wildman–Crippen LogP) is 2.51. The summed E-state index contributed by atoms with van der Waals surface area (Å²) in [4.78, 5) is 4.69. The van der Waals surface area contributed by atoms with E-state index in [1.807, 2.05) is 6.92 Å². The Labute approximate surface area is 113 Å². The second-order valence-corrected chi connectivity index (χ2v) is 5.54. The molecule has 1 heterocycles. The van der Waals surface area contributed by atoms with Gasteiger partial charge >= 0.3 is 0 Å². The fourth-order valence-corrected chi connectivity index (χ4v) is 2.79. The third-order valence-electron chi connectivity index (χ3n) is 2.88. The number of nitrogens with two attached hydrogens (primary N) is 1. The monoisotopic (exact) mass is 284 g/mol. The second-order valence-electron chi connectivity index (χ2n) is 4.27. The van der Waals surface area contributed by atoms with Gasteiger partial charge in [0.1, 0.15) is 11.6 Å². The molecule has 0 spiro atoms. The molecule has 0 aliphatic heterocycles. The molecule has 0 aliphatic rings. The van der Waals surface area contributed by atoms with E-state index in [1.165, 1.54) is 23.5 Å². The van der Waals surface area contributed by atoms with Crippen LogP contribution >= 0.6 is 11.3 Å². The van der Waals surface area contributed by atoms with Gasteiger partial charge in [0, 0.05) is 24.7 Å². The Morgan fingerprint density at radius 3 is 2.42 bits per heavy atom. The maximum Gasteiger partial charge on any atom is 0.126 e. The number of nitrogens with zero attached hydrogens (tertiary/aromatic N) is 1. The summed E-state index contributed by atoms with van der Waals surface area (Å²) >= 11 is 1.34. The molecule has 6 heteroatoms. The number of thiazole rings is 1. The molecule has 2 aromatic rings. The Kier molecular flexibility index (Phi) is 4.24. The summed E-state index contributed by atoms with van der Waals surface area (Å²) in [5.74, 6) is -1.92. The van der Waals surface area contributed by atoms with Crippen molar-refractivity contribution in [2.24, 2.45) is 5.73 Å². The van der Waals surface area contributed by atoms with E-state index in [9.17, 15) is 13.9 Å². The molecule has 2 rings (SSSR count). The Morgan fingerprint density at radius 1 is 1.32 bits per heavy atom. The van der Waals surface area contributed by atoms with Crippen molar-refractivity contribution in [2.75, 3.05) is 6.54 Å². The van der Waals surface area contributed by atoms with Gasteiger partial charge in [0.2, 0.25) is 0 Å². The van der Waals surface area contributed by atoms with Crippen LogP contribution < -0.4 is 5.73 Å². The fourth-order valence-electron chi connectivity index (χ4n) is 1.95. The van der Waals surface area contributed by atoms with E-state index in [4.69, 9.17) is 5.73 Å². The standard InChI is InChI=1S/C13H14F2N2OS/c1-7-17-6-12(19-7)13(18)11(5-16)8-2-9(14)4-10(15)3-8/h2-4,6,11,13,18H,5,16H2,1H3. The molecule has 19 heavy (non-hydrogen) atoms. The lowest BCUT2D eigenvalue weighted by molar-refractivity contribution is 0.150. The maximum absolute atomic E-state index is 13.2. The van der Waals surface area contributed by atoms with Crippen LogP contribution in [0, 0.1) is 18.6 Å². The number of rotatable bonds is 4. The van der Waals surface area contributed by atoms with Crippen LogP contribution in [0.3, 0.4) is 0 Å². The topological polar surface area (TPSA) is 59.1 Å². The zero-order valence-corrected chi connectivity index (χ0v) is 11.1. The Bertz CT molecular complexity index is 553. The quantitative estimate of drug-likeness (QED) is 0.907. The van der Waals surface area contributed by atoms with E-state index >= 15 is 0 Å². The number of aliphatic hydroxyl groups is 1. The zero-order chi connectivity index (χ0) is 14.0. The minimum absolute atomic E-state index is 0.0843. The largest absolute Gasteiger partial charge is 0.387 e. The molecular formula is C13H14F2N2OS. The third-order valence-corrected chi connectivity index (χ3v) is 3.86. The van der Waals surface area contributed by atoms with Crippen molar-refractivity contribution in [1.29, 1.82) is 0 Å². The molecule has 3 nitrogen and oxygen atoms in total. The molecule has 0 radical (unpaired) electrons. The van der Waals surface area contributed by atoms with Crippen molar-refractivity contribution in [3.05, 3.63) is 51.5 Å². The van der Waals surface area contributed by atoms with E-state index in [2.05, 4.69) is 4.98 Å². The van der Waals surface area contributed by atoms with Crippen molar-refractivity contribution in [2.45, 2.75) is 18.9 Å². The molecule has 0 bridgehead atoms. The fraction of sp³-hybridized carbons (Fsp3) is 0.308. The molecule has 0 fully saturated rings. The lowest BCUT2D eigenvalue weighted by atomic mass is 9.92. The van der Waals surface area contributed by atoms with Crippen molar-refractivity contribution >= 4 is 11.3 Å². The Hall–Kier alpha value is -1.37. The first-order valence-corrected chi connectivity index (χ1v) is 6.59. The first kappa shape index (κ1) is 14.0. The molecule has 1 aromatic carbocycles. The van der Waals surface area contributed by atoms with Crippen LogP contribution in [-0.2, 0) is 0 Å². The Balaban J connectivity index is 2.33. The molecule has 0 saturated heterocycles. The first-order chi connectivity index (χ1) is 9.01. The van der Waals surface area contributed by atoms with E-state index in [-0.39, 0.29) is 6.54 Å². The summed E-state index contributed by atoms with van der Waals surface area (Å²) in [6.07, 6.45) is 0.639. The first-order valence-electron chi connectivity index (χ1n) is 5.77. The third kappa shape index (κ3) is 3.15. The van der Waals surface area contributed by atoms with Gasteiger partial charge in [0.05, 0.1) is 16.0 Å². The molecule has 2 unspecified atom stereocenters. The highest BCUT2D eigenvalue weighted by atomic mass is 32.1. The van der Waals surface area contributed by atoms with Crippen LogP contribution in [0.2, 0.25) is 0 Å².